The second-order valence-corrected chi connectivity index (χ2v) is 5.11. The zero-order valence-corrected chi connectivity index (χ0v) is 11.8. The Hall–Kier alpha value is -2.70. The number of nitrogens with two attached hydrogens (primary N) is 1. The molecule has 0 aliphatic rings. The van der Waals surface area contributed by atoms with Gasteiger partial charge in [0.05, 0.1) is 11.0 Å². The van der Waals surface area contributed by atoms with E-state index >= 15 is 0 Å². The normalized spacial score (nSPS) is 11.3. The summed E-state index contributed by atoms with van der Waals surface area (Å²) in [4.78, 5) is 37.4. The van der Waals surface area contributed by atoms with Crippen LogP contribution in [-0.4, -0.2) is 34.4 Å². The first-order valence-electron chi connectivity index (χ1n) is 6.16. The average Bonchev–Trinajstić information content (AvgIpc) is 2.42. The lowest BCUT2D eigenvalue weighted by molar-refractivity contribution is -0.131. The van der Waals surface area contributed by atoms with Crippen molar-refractivity contribution in [2.75, 3.05) is 6.54 Å². The number of hydrogen-bond acceptors (Lipinski definition) is 4. The minimum atomic E-state index is -1.09. The fraction of sp³-hybridized carbons (Fsp3) is 0.286. The van der Waals surface area contributed by atoms with Gasteiger partial charge in [-0.3, -0.25) is 14.6 Å². The highest BCUT2D eigenvalue weighted by Crippen LogP contribution is 2.12. The third-order valence-electron chi connectivity index (χ3n) is 2.80. The summed E-state index contributed by atoms with van der Waals surface area (Å²) in [5, 5.41) is 11.1. The summed E-state index contributed by atoms with van der Waals surface area (Å²) >= 11 is 0. The zero-order valence-electron chi connectivity index (χ0n) is 11.8. The summed E-state index contributed by atoms with van der Waals surface area (Å²) in [7, 11) is 0. The van der Waals surface area contributed by atoms with E-state index in [1.165, 1.54) is 24.5 Å². The van der Waals surface area contributed by atoms with E-state index in [0.29, 0.717) is 5.56 Å². The molecule has 0 aliphatic carbocycles. The Bertz CT molecular complexity index is 594. The van der Waals surface area contributed by atoms with Crippen LogP contribution in [0.3, 0.4) is 0 Å². The molecule has 7 nitrogen and oxygen atoms in total. The predicted octanol–water partition coefficient (Wildman–Crippen LogP) is 0.421. The number of carboxylic acid groups (broad SMARTS) is 1. The van der Waals surface area contributed by atoms with E-state index in [0.717, 1.165) is 6.08 Å². The molecule has 0 atom stereocenters. The number of carboxylic acids is 1. The number of primary amides is 1. The molecule has 0 spiro atoms. The first kappa shape index (κ1) is 16.4. The Morgan fingerprint density at radius 2 is 2.05 bits per heavy atom. The monoisotopic (exact) mass is 291 g/mol. The first-order chi connectivity index (χ1) is 9.72. The molecule has 1 aromatic heterocycles. The van der Waals surface area contributed by atoms with Gasteiger partial charge in [-0.2, -0.15) is 0 Å². The topological polar surface area (TPSA) is 122 Å². The number of hydrogen-bond donors (Lipinski definition) is 3. The number of nitrogens with one attached hydrogen (secondary N) is 1. The van der Waals surface area contributed by atoms with Crippen LogP contribution in [0.1, 0.15) is 29.8 Å². The van der Waals surface area contributed by atoms with Gasteiger partial charge >= 0.3 is 5.97 Å². The van der Waals surface area contributed by atoms with Gasteiger partial charge in [0, 0.05) is 25.0 Å². The Morgan fingerprint density at radius 3 is 2.62 bits per heavy atom. The largest absolute Gasteiger partial charge is 0.478 e. The molecule has 0 bridgehead atoms. The average molecular weight is 291 g/mol. The first-order valence-corrected chi connectivity index (χ1v) is 6.16. The van der Waals surface area contributed by atoms with Crippen LogP contribution in [0.25, 0.3) is 6.08 Å². The zero-order chi connectivity index (χ0) is 16.0. The molecule has 0 saturated heterocycles. The maximum atomic E-state index is 12.0. The summed E-state index contributed by atoms with van der Waals surface area (Å²) in [6.45, 7) is 3.34. The van der Waals surface area contributed by atoms with Gasteiger partial charge in [-0.25, -0.2) is 4.79 Å². The smallest absolute Gasteiger partial charge is 0.328 e. The molecular weight excluding hydrogens is 274 g/mol. The SMILES string of the molecule is CC(C)(CNC(=O)c1cncc(/C=C/C(=O)O)c1)C(N)=O. The molecule has 0 radical (unpaired) electrons. The van der Waals surface area contributed by atoms with Crippen molar-refractivity contribution < 1.29 is 19.5 Å². The number of rotatable bonds is 6. The molecule has 0 unspecified atom stereocenters. The van der Waals surface area contributed by atoms with E-state index in [1.54, 1.807) is 13.8 Å². The Labute approximate surface area is 121 Å². The summed E-state index contributed by atoms with van der Waals surface area (Å²) < 4.78 is 0. The van der Waals surface area contributed by atoms with Gasteiger partial charge < -0.3 is 16.2 Å². The van der Waals surface area contributed by atoms with Crippen LogP contribution < -0.4 is 11.1 Å². The second kappa shape index (κ2) is 6.65. The van der Waals surface area contributed by atoms with Gasteiger partial charge in [-0.05, 0) is 31.6 Å². The van der Waals surface area contributed by atoms with E-state index in [4.69, 9.17) is 10.8 Å². The Kier molecular flexibility index (Phi) is 5.18. The van der Waals surface area contributed by atoms with Crippen molar-refractivity contribution in [1.29, 1.82) is 0 Å². The summed E-state index contributed by atoms with van der Waals surface area (Å²) in [6.07, 6.45) is 5.07. The van der Waals surface area contributed by atoms with Gasteiger partial charge in [0.15, 0.2) is 0 Å². The van der Waals surface area contributed by atoms with Crippen LogP contribution in [0.15, 0.2) is 24.5 Å². The highest BCUT2D eigenvalue weighted by molar-refractivity contribution is 5.95. The molecule has 0 fully saturated rings. The minimum Gasteiger partial charge on any atom is -0.478 e. The molecule has 1 heterocycles. The third kappa shape index (κ3) is 5.06. The van der Waals surface area contributed by atoms with Crippen LogP contribution in [0.5, 0.6) is 0 Å². The van der Waals surface area contributed by atoms with Crippen molar-refractivity contribution in [3.63, 3.8) is 0 Å². The van der Waals surface area contributed by atoms with Crippen molar-refractivity contribution in [3.8, 4) is 0 Å². The van der Waals surface area contributed by atoms with Gasteiger partial charge in [0.2, 0.25) is 5.91 Å². The third-order valence-corrected chi connectivity index (χ3v) is 2.80. The van der Waals surface area contributed by atoms with Crippen LogP contribution in [-0.2, 0) is 9.59 Å². The number of nitrogens with zero attached hydrogens (tertiary/aromatic N) is 1. The van der Waals surface area contributed by atoms with Crippen LogP contribution in [0.4, 0.5) is 0 Å². The van der Waals surface area contributed by atoms with Gasteiger partial charge in [0.25, 0.3) is 5.91 Å². The van der Waals surface area contributed by atoms with Crippen molar-refractivity contribution in [2.24, 2.45) is 11.1 Å². The van der Waals surface area contributed by atoms with Crippen molar-refractivity contribution in [2.45, 2.75) is 13.8 Å². The predicted molar refractivity (Wildman–Crippen MR) is 76.2 cm³/mol. The Morgan fingerprint density at radius 1 is 1.38 bits per heavy atom. The summed E-state index contributed by atoms with van der Waals surface area (Å²) in [5.74, 6) is -2.02. The highest BCUT2D eigenvalue weighted by Gasteiger charge is 2.25. The standard InChI is InChI=1S/C14H17N3O4/c1-14(2,13(15)21)8-17-12(20)10-5-9(6-16-7-10)3-4-11(18)19/h3-7H,8H2,1-2H3,(H2,15,21)(H,17,20)(H,18,19)/b4-3+. The molecule has 7 heteroatoms. The van der Waals surface area contributed by atoms with Crippen LogP contribution >= 0.6 is 0 Å². The van der Waals surface area contributed by atoms with Crippen LogP contribution in [0, 0.1) is 5.41 Å². The quantitative estimate of drug-likeness (QED) is 0.655. The fourth-order valence-electron chi connectivity index (χ4n) is 1.33. The molecule has 112 valence electrons. The minimum absolute atomic E-state index is 0.0936. The lowest BCUT2D eigenvalue weighted by Crippen LogP contribution is -2.42. The van der Waals surface area contributed by atoms with Crippen LogP contribution in [0.2, 0.25) is 0 Å². The second-order valence-electron chi connectivity index (χ2n) is 5.11. The molecule has 1 rings (SSSR count). The van der Waals surface area contributed by atoms with Crippen molar-refractivity contribution in [1.82, 2.24) is 10.3 Å². The molecule has 2 amide bonds. The van der Waals surface area contributed by atoms with E-state index in [1.807, 2.05) is 0 Å². The van der Waals surface area contributed by atoms with E-state index in [-0.39, 0.29) is 12.1 Å². The maximum absolute atomic E-state index is 12.0. The number of aromatic nitrogens is 1. The van der Waals surface area contributed by atoms with Gasteiger partial charge in [-0.15, -0.1) is 0 Å². The van der Waals surface area contributed by atoms with Crippen molar-refractivity contribution in [3.05, 3.63) is 35.7 Å². The molecule has 0 aliphatic heterocycles. The number of pyridine rings is 1. The molecule has 0 aromatic carbocycles. The van der Waals surface area contributed by atoms with E-state index in [9.17, 15) is 14.4 Å². The van der Waals surface area contributed by atoms with Gasteiger partial charge in [0.1, 0.15) is 0 Å². The summed E-state index contributed by atoms with van der Waals surface area (Å²) in [6, 6.07) is 1.50. The number of carbonyl (C=O) groups is 3. The van der Waals surface area contributed by atoms with Crippen molar-refractivity contribution >= 4 is 23.9 Å². The molecule has 4 N–H and O–H groups in total. The lowest BCUT2D eigenvalue weighted by Gasteiger charge is -2.20. The van der Waals surface area contributed by atoms with E-state index < -0.39 is 23.2 Å². The molecule has 0 saturated carbocycles. The summed E-state index contributed by atoms with van der Waals surface area (Å²) in [5.41, 5.74) is 5.11. The fourth-order valence-corrected chi connectivity index (χ4v) is 1.33. The molecular formula is C14H17N3O4. The molecule has 21 heavy (non-hydrogen) atoms. The number of amides is 2. The Balaban J connectivity index is 2.77. The van der Waals surface area contributed by atoms with E-state index in [2.05, 4.69) is 10.3 Å². The number of aliphatic carboxylic acids is 1. The van der Waals surface area contributed by atoms with Gasteiger partial charge in [-0.1, -0.05) is 0 Å². The number of carbonyl (C=O) groups excluding carboxylic acids is 2. The molecule has 1 aromatic rings. The highest BCUT2D eigenvalue weighted by atomic mass is 16.4. The lowest BCUT2D eigenvalue weighted by atomic mass is 9.92. The maximum Gasteiger partial charge on any atom is 0.328 e.